The van der Waals surface area contributed by atoms with Gasteiger partial charge in [0.1, 0.15) is 11.5 Å². The Balaban J connectivity index is 3.07. The van der Waals surface area contributed by atoms with E-state index in [0.717, 1.165) is 0 Å². The number of aromatic nitrogens is 2. The normalized spacial score (nSPS) is 11.3. The molecule has 1 aromatic rings. The van der Waals surface area contributed by atoms with E-state index >= 15 is 0 Å². The summed E-state index contributed by atoms with van der Waals surface area (Å²) in [5, 5.41) is 2.85. The maximum atomic E-state index is 11.8. The Morgan fingerprint density at radius 2 is 1.90 bits per heavy atom. The number of hydrogen-bond acceptors (Lipinski definition) is 6. The number of ether oxygens (including phenoxy) is 2. The molecule has 114 valence electrons. The van der Waals surface area contributed by atoms with Gasteiger partial charge < -0.3 is 20.5 Å². The second-order valence-corrected chi connectivity index (χ2v) is 4.81. The van der Waals surface area contributed by atoms with Crippen LogP contribution in [0.2, 0.25) is 0 Å². The van der Waals surface area contributed by atoms with Crippen LogP contribution in [-0.4, -0.2) is 36.6 Å². The van der Waals surface area contributed by atoms with Crippen LogP contribution in [0.3, 0.4) is 0 Å². The molecule has 0 fully saturated rings. The third-order valence-corrected chi connectivity index (χ3v) is 2.76. The maximum absolute atomic E-state index is 11.8. The molecule has 4 N–H and O–H groups in total. The molecule has 0 amide bonds. The molecule has 1 rings (SSSR count). The molecule has 0 radical (unpaired) electrons. The van der Waals surface area contributed by atoms with Gasteiger partial charge in [0.2, 0.25) is 0 Å². The van der Waals surface area contributed by atoms with Gasteiger partial charge in [0.05, 0.1) is 6.54 Å². The third-order valence-electron chi connectivity index (χ3n) is 2.76. The number of nitrogen functional groups attached to an aromatic ring is 1. The van der Waals surface area contributed by atoms with Crippen LogP contribution in [0.5, 0.6) is 0 Å². The minimum Gasteiger partial charge on any atom is -0.383 e. The van der Waals surface area contributed by atoms with Crippen molar-refractivity contribution in [1.29, 1.82) is 0 Å². The van der Waals surface area contributed by atoms with E-state index in [0.29, 0.717) is 6.54 Å². The fraction of sp³-hybridized carbons (Fsp3) is 0.667. The molecule has 20 heavy (non-hydrogen) atoms. The van der Waals surface area contributed by atoms with Gasteiger partial charge in [-0.1, -0.05) is 13.8 Å². The minimum absolute atomic E-state index is 0.110. The molecule has 1 aromatic heterocycles. The van der Waals surface area contributed by atoms with Crippen LogP contribution in [0.1, 0.15) is 13.8 Å². The number of methoxy groups -OCH3 is 2. The van der Waals surface area contributed by atoms with E-state index in [9.17, 15) is 9.59 Å². The number of hydrogen-bond donors (Lipinski definition) is 3. The van der Waals surface area contributed by atoms with E-state index in [4.69, 9.17) is 15.2 Å². The highest BCUT2D eigenvalue weighted by atomic mass is 16.7. The first kappa shape index (κ1) is 16.3. The van der Waals surface area contributed by atoms with E-state index in [1.807, 2.05) is 13.8 Å². The Bertz CT molecular complexity index is 545. The second kappa shape index (κ2) is 7.11. The number of aromatic amines is 1. The number of anilines is 2. The lowest BCUT2D eigenvalue weighted by Gasteiger charge is -2.18. The first-order valence-electron chi connectivity index (χ1n) is 6.32. The molecule has 8 heteroatoms. The molecule has 1 heterocycles. The van der Waals surface area contributed by atoms with Crippen LogP contribution in [0, 0.1) is 5.92 Å². The van der Waals surface area contributed by atoms with Crippen LogP contribution < -0.4 is 22.3 Å². The summed E-state index contributed by atoms with van der Waals surface area (Å²) in [6.45, 7) is 4.57. The summed E-state index contributed by atoms with van der Waals surface area (Å²) in [6, 6.07) is 0. The van der Waals surface area contributed by atoms with Crippen LogP contribution in [0.25, 0.3) is 0 Å². The molecular formula is C12H22N4O4. The van der Waals surface area contributed by atoms with Gasteiger partial charge >= 0.3 is 5.69 Å². The maximum Gasteiger partial charge on any atom is 0.330 e. The average Bonchev–Trinajstić information content (AvgIpc) is 2.38. The van der Waals surface area contributed by atoms with E-state index in [1.165, 1.54) is 18.8 Å². The van der Waals surface area contributed by atoms with Gasteiger partial charge in [0, 0.05) is 20.8 Å². The Morgan fingerprint density at radius 1 is 1.30 bits per heavy atom. The van der Waals surface area contributed by atoms with Crippen LogP contribution in [0.15, 0.2) is 9.59 Å². The molecule has 0 aliphatic carbocycles. The quantitative estimate of drug-likeness (QED) is 0.599. The Labute approximate surface area is 116 Å². The number of H-pyrrole nitrogens is 1. The molecule has 0 saturated heterocycles. The molecule has 0 saturated carbocycles. The van der Waals surface area contributed by atoms with E-state index in [1.54, 1.807) is 0 Å². The molecule has 0 bridgehead atoms. The predicted octanol–water partition coefficient (Wildman–Crippen LogP) is -0.194. The summed E-state index contributed by atoms with van der Waals surface area (Å²) in [4.78, 5) is 25.8. The van der Waals surface area contributed by atoms with Crippen molar-refractivity contribution in [3.05, 3.63) is 20.8 Å². The minimum atomic E-state index is -0.557. The molecule has 0 atom stereocenters. The molecule has 0 spiro atoms. The standard InChI is InChI=1S/C12H22N4O4/c1-7(2)6-16-10(13)9(11(17)15-12(16)18)14-5-8(19-3)20-4/h7-8,14H,5-6,13H2,1-4H3,(H,15,17,18). The lowest BCUT2D eigenvalue weighted by atomic mass is 10.2. The topological polar surface area (TPSA) is 111 Å². The smallest absolute Gasteiger partial charge is 0.330 e. The fourth-order valence-electron chi connectivity index (χ4n) is 1.75. The van der Waals surface area contributed by atoms with Crippen LogP contribution in [-0.2, 0) is 16.0 Å². The molecule has 8 nitrogen and oxygen atoms in total. The zero-order valence-electron chi connectivity index (χ0n) is 12.2. The summed E-state index contributed by atoms with van der Waals surface area (Å²) in [5.41, 5.74) is 4.97. The zero-order valence-corrected chi connectivity index (χ0v) is 12.2. The van der Waals surface area contributed by atoms with Crippen molar-refractivity contribution in [3.63, 3.8) is 0 Å². The van der Waals surface area contributed by atoms with E-state index in [2.05, 4.69) is 10.3 Å². The third kappa shape index (κ3) is 3.84. The van der Waals surface area contributed by atoms with E-state index in [-0.39, 0.29) is 24.0 Å². The van der Waals surface area contributed by atoms with Crippen LogP contribution in [0.4, 0.5) is 11.5 Å². The first-order valence-corrected chi connectivity index (χ1v) is 6.32. The highest BCUT2D eigenvalue weighted by Gasteiger charge is 2.14. The number of nitrogens with two attached hydrogens (primary N) is 1. The Kier molecular flexibility index (Phi) is 5.78. The Hall–Kier alpha value is -1.80. The van der Waals surface area contributed by atoms with Crippen molar-refractivity contribution in [2.24, 2.45) is 5.92 Å². The van der Waals surface area contributed by atoms with E-state index < -0.39 is 17.5 Å². The van der Waals surface area contributed by atoms with Gasteiger partial charge in [-0.15, -0.1) is 0 Å². The van der Waals surface area contributed by atoms with Crippen molar-refractivity contribution in [2.45, 2.75) is 26.7 Å². The number of nitrogens with zero attached hydrogens (tertiary/aromatic N) is 1. The molecule has 0 unspecified atom stereocenters. The first-order chi connectivity index (χ1) is 9.40. The van der Waals surface area contributed by atoms with Crippen LogP contribution >= 0.6 is 0 Å². The summed E-state index contributed by atoms with van der Waals surface area (Å²) < 4.78 is 11.4. The SMILES string of the molecule is COC(CNc1c(N)n(CC(C)C)c(=O)[nH]c1=O)OC. The molecule has 0 aliphatic rings. The Morgan fingerprint density at radius 3 is 2.40 bits per heavy atom. The highest BCUT2D eigenvalue weighted by Crippen LogP contribution is 2.12. The van der Waals surface area contributed by atoms with Gasteiger partial charge in [-0.2, -0.15) is 0 Å². The zero-order chi connectivity index (χ0) is 15.3. The number of nitrogens with one attached hydrogen (secondary N) is 2. The van der Waals surface area contributed by atoms with Gasteiger partial charge in [-0.3, -0.25) is 14.3 Å². The summed E-state index contributed by atoms with van der Waals surface area (Å²) >= 11 is 0. The summed E-state index contributed by atoms with van der Waals surface area (Å²) in [7, 11) is 2.98. The highest BCUT2D eigenvalue weighted by molar-refractivity contribution is 5.60. The van der Waals surface area contributed by atoms with Crippen molar-refractivity contribution in [3.8, 4) is 0 Å². The lowest BCUT2D eigenvalue weighted by molar-refractivity contribution is -0.0914. The van der Waals surface area contributed by atoms with Gasteiger partial charge in [0.25, 0.3) is 5.56 Å². The summed E-state index contributed by atoms with van der Waals surface area (Å²) in [5.74, 6) is 0.331. The van der Waals surface area contributed by atoms with Gasteiger partial charge in [0.15, 0.2) is 6.29 Å². The molecular weight excluding hydrogens is 264 g/mol. The molecule has 0 aromatic carbocycles. The average molecular weight is 286 g/mol. The lowest BCUT2D eigenvalue weighted by Crippen LogP contribution is -2.36. The van der Waals surface area contributed by atoms with Gasteiger partial charge in [-0.25, -0.2) is 4.79 Å². The molecule has 0 aliphatic heterocycles. The monoisotopic (exact) mass is 286 g/mol. The fourth-order valence-corrected chi connectivity index (χ4v) is 1.75. The van der Waals surface area contributed by atoms with Crippen molar-refractivity contribution >= 4 is 11.5 Å². The van der Waals surface area contributed by atoms with Crippen molar-refractivity contribution in [1.82, 2.24) is 9.55 Å². The van der Waals surface area contributed by atoms with Crippen molar-refractivity contribution in [2.75, 3.05) is 31.8 Å². The van der Waals surface area contributed by atoms with Crippen molar-refractivity contribution < 1.29 is 9.47 Å². The van der Waals surface area contributed by atoms with Gasteiger partial charge in [-0.05, 0) is 5.92 Å². The summed E-state index contributed by atoms with van der Waals surface area (Å²) in [6.07, 6.45) is -0.515. The predicted molar refractivity (Wildman–Crippen MR) is 76.9 cm³/mol. The largest absolute Gasteiger partial charge is 0.383 e. The second-order valence-electron chi connectivity index (χ2n) is 4.81. The number of rotatable bonds is 7.